The van der Waals surface area contributed by atoms with Gasteiger partial charge in [0.1, 0.15) is 23.3 Å². The van der Waals surface area contributed by atoms with Crippen LogP contribution in [0.15, 0.2) is 36.7 Å². The van der Waals surface area contributed by atoms with Crippen LogP contribution < -0.4 is 9.47 Å². The van der Waals surface area contributed by atoms with E-state index in [2.05, 4.69) is 9.97 Å². The third-order valence-corrected chi connectivity index (χ3v) is 3.91. The maximum absolute atomic E-state index is 12.4. The molecule has 0 unspecified atom stereocenters. The first-order valence-electron chi connectivity index (χ1n) is 7.76. The molecule has 1 saturated heterocycles. The first-order valence-corrected chi connectivity index (χ1v) is 7.76. The van der Waals surface area contributed by atoms with Crippen molar-refractivity contribution in [2.45, 2.75) is 18.9 Å². The van der Waals surface area contributed by atoms with E-state index in [1.165, 1.54) is 19.5 Å². The molecule has 3 rings (SSSR count). The quantitative estimate of drug-likeness (QED) is 0.922. The molecule has 0 aliphatic carbocycles. The number of rotatable bonds is 4. The maximum Gasteiger partial charge on any atom is 0.274 e. The van der Waals surface area contributed by atoms with Crippen molar-refractivity contribution in [1.82, 2.24) is 14.9 Å². The molecule has 1 aromatic carbocycles. The van der Waals surface area contributed by atoms with E-state index in [4.69, 9.17) is 9.47 Å². The highest BCUT2D eigenvalue weighted by Crippen LogP contribution is 2.23. The van der Waals surface area contributed by atoms with E-state index < -0.39 is 0 Å². The number of phenolic OH excluding ortho intramolecular Hbond substituents is 1. The summed E-state index contributed by atoms with van der Waals surface area (Å²) in [4.78, 5) is 22.3. The smallest absolute Gasteiger partial charge is 0.274 e. The molecule has 0 atom stereocenters. The van der Waals surface area contributed by atoms with Crippen LogP contribution in [0.5, 0.6) is 17.4 Å². The number of likely N-dealkylation sites (tertiary alicyclic amines) is 1. The Morgan fingerprint density at radius 2 is 2.04 bits per heavy atom. The molecular formula is C17H19N3O4. The normalized spacial score (nSPS) is 15.1. The summed E-state index contributed by atoms with van der Waals surface area (Å²) in [5.41, 5.74) is 0.308. The van der Waals surface area contributed by atoms with E-state index in [9.17, 15) is 9.90 Å². The van der Waals surface area contributed by atoms with Gasteiger partial charge < -0.3 is 19.5 Å². The average Bonchev–Trinajstić information content (AvgIpc) is 2.62. The van der Waals surface area contributed by atoms with Crippen molar-refractivity contribution in [3.63, 3.8) is 0 Å². The Balaban J connectivity index is 1.55. The lowest BCUT2D eigenvalue weighted by molar-refractivity contribution is 0.0589. The van der Waals surface area contributed by atoms with Crippen LogP contribution in [-0.2, 0) is 0 Å². The van der Waals surface area contributed by atoms with Crippen LogP contribution >= 0.6 is 0 Å². The Morgan fingerprint density at radius 3 is 2.67 bits per heavy atom. The van der Waals surface area contributed by atoms with Crippen molar-refractivity contribution < 1.29 is 19.4 Å². The molecule has 0 radical (unpaired) electrons. The molecule has 2 aromatic rings. The van der Waals surface area contributed by atoms with E-state index in [1.54, 1.807) is 23.1 Å². The number of hydrogen-bond donors (Lipinski definition) is 1. The van der Waals surface area contributed by atoms with E-state index in [0.29, 0.717) is 30.4 Å². The zero-order valence-electron chi connectivity index (χ0n) is 13.4. The number of carbonyl (C=O) groups excluding carboxylic acids is 1. The van der Waals surface area contributed by atoms with Gasteiger partial charge in [-0.05, 0) is 12.1 Å². The van der Waals surface area contributed by atoms with Gasteiger partial charge in [-0.3, -0.25) is 4.79 Å². The van der Waals surface area contributed by atoms with Crippen molar-refractivity contribution >= 4 is 5.91 Å². The summed E-state index contributed by atoms with van der Waals surface area (Å²) >= 11 is 0. The molecular weight excluding hydrogens is 310 g/mol. The summed E-state index contributed by atoms with van der Waals surface area (Å²) in [6.45, 7) is 1.19. The predicted molar refractivity (Wildman–Crippen MR) is 86.2 cm³/mol. The van der Waals surface area contributed by atoms with Gasteiger partial charge in [0.15, 0.2) is 0 Å². The second kappa shape index (κ2) is 7.16. The molecule has 2 heterocycles. The number of phenols is 1. The van der Waals surface area contributed by atoms with Crippen LogP contribution in [0.3, 0.4) is 0 Å². The molecule has 1 fully saturated rings. The van der Waals surface area contributed by atoms with Crippen LogP contribution in [-0.4, -0.2) is 52.2 Å². The number of benzene rings is 1. The fraction of sp³-hybridized carbons (Fsp3) is 0.353. The molecule has 24 heavy (non-hydrogen) atoms. The zero-order chi connectivity index (χ0) is 16.9. The molecule has 1 N–H and O–H groups in total. The van der Waals surface area contributed by atoms with E-state index >= 15 is 0 Å². The maximum atomic E-state index is 12.4. The number of ether oxygens (including phenoxy) is 2. The summed E-state index contributed by atoms with van der Waals surface area (Å²) < 4.78 is 10.8. The van der Waals surface area contributed by atoms with Gasteiger partial charge in [0, 0.05) is 32.0 Å². The number of methoxy groups -OCH3 is 1. The highest BCUT2D eigenvalue weighted by atomic mass is 16.5. The van der Waals surface area contributed by atoms with Crippen LogP contribution in [0.4, 0.5) is 0 Å². The SMILES string of the molecule is COc1cnc(C(=O)N2CCC(Oc3cccc(O)c3)CC2)cn1. The fourth-order valence-corrected chi connectivity index (χ4v) is 2.62. The predicted octanol–water partition coefficient (Wildman–Crippen LogP) is 1.87. The number of amides is 1. The fourth-order valence-electron chi connectivity index (χ4n) is 2.62. The summed E-state index contributed by atoms with van der Waals surface area (Å²) in [5.74, 6) is 1.06. The number of aromatic nitrogens is 2. The average molecular weight is 329 g/mol. The lowest BCUT2D eigenvalue weighted by Crippen LogP contribution is -2.42. The van der Waals surface area contributed by atoms with Gasteiger partial charge >= 0.3 is 0 Å². The van der Waals surface area contributed by atoms with Crippen LogP contribution in [0, 0.1) is 0 Å². The van der Waals surface area contributed by atoms with Gasteiger partial charge in [-0.25, -0.2) is 9.97 Å². The van der Waals surface area contributed by atoms with Crippen LogP contribution in [0.1, 0.15) is 23.3 Å². The van der Waals surface area contributed by atoms with Gasteiger partial charge in [-0.1, -0.05) is 6.07 Å². The summed E-state index contributed by atoms with van der Waals surface area (Å²) in [6.07, 6.45) is 4.34. The molecule has 1 aliphatic rings. The highest BCUT2D eigenvalue weighted by molar-refractivity contribution is 5.92. The number of aromatic hydroxyl groups is 1. The van der Waals surface area contributed by atoms with E-state index in [-0.39, 0.29) is 17.8 Å². The Labute approximate surface area is 139 Å². The lowest BCUT2D eigenvalue weighted by atomic mass is 10.1. The van der Waals surface area contributed by atoms with Crippen molar-refractivity contribution in [3.8, 4) is 17.4 Å². The van der Waals surface area contributed by atoms with Crippen LogP contribution in [0.2, 0.25) is 0 Å². The minimum Gasteiger partial charge on any atom is -0.508 e. The second-order valence-electron chi connectivity index (χ2n) is 5.55. The molecule has 126 valence electrons. The summed E-state index contributed by atoms with van der Waals surface area (Å²) in [7, 11) is 1.50. The first kappa shape index (κ1) is 16.0. The lowest BCUT2D eigenvalue weighted by Gasteiger charge is -2.32. The second-order valence-corrected chi connectivity index (χ2v) is 5.55. The molecule has 0 saturated carbocycles. The van der Waals surface area contributed by atoms with E-state index in [0.717, 1.165) is 12.8 Å². The van der Waals surface area contributed by atoms with Crippen molar-refractivity contribution in [2.24, 2.45) is 0 Å². The number of piperidine rings is 1. The topological polar surface area (TPSA) is 84.8 Å². The van der Waals surface area contributed by atoms with Gasteiger partial charge in [-0.2, -0.15) is 0 Å². The molecule has 1 aromatic heterocycles. The van der Waals surface area contributed by atoms with Gasteiger partial charge in [-0.15, -0.1) is 0 Å². The number of carbonyl (C=O) groups is 1. The molecule has 0 spiro atoms. The molecule has 1 amide bonds. The Bertz CT molecular complexity index is 697. The van der Waals surface area contributed by atoms with Gasteiger partial charge in [0.2, 0.25) is 5.88 Å². The number of hydrogen-bond acceptors (Lipinski definition) is 6. The minimum atomic E-state index is -0.138. The van der Waals surface area contributed by atoms with Gasteiger partial charge in [0.05, 0.1) is 19.5 Å². The standard InChI is InChI=1S/C17H19N3O4/c1-23-16-11-18-15(10-19-16)17(22)20-7-5-13(6-8-20)24-14-4-2-3-12(21)9-14/h2-4,9-11,13,21H,5-8H2,1H3. The highest BCUT2D eigenvalue weighted by Gasteiger charge is 2.25. The molecule has 7 nitrogen and oxygen atoms in total. The first-order chi connectivity index (χ1) is 11.7. The van der Waals surface area contributed by atoms with Crippen molar-refractivity contribution in [1.29, 1.82) is 0 Å². The minimum absolute atomic E-state index is 0.0257. The van der Waals surface area contributed by atoms with Gasteiger partial charge in [0.25, 0.3) is 5.91 Å². The van der Waals surface area contributed by atoms with E-state index in [1.807, 2.05) is 6.07 Å². The monoisotopic (exact) mass is 329 g/mol. The van der Waals surface area contributed by atoms with Crippen molar-refractivity contribution in [2.75, 3.05) is 20.2 Å². The zero-order valence-corrected chi connectivity index (χ0v) is 13.4. The van der Waals surface area contributed by atoms with Crippen LogP contribution in [0.25, 0.3) is 0 Å². The van der Waals surface area contributed by atoms with Crippen molar-refractivity contribution in [3.05, 3.63) is 42.4 Å². The molecule has 0 bridgehead atoms. The summed E-state index contributed by atoms with van der Waals surface area (Å²) in [5, 5.41) is 9.47. The Morgan fingerprint density at radius 1 is 1.25 bits per heavy atom. The third-order valence-electron chi connectivity index (χ3n) is 3.91. The summed E-state index contributed by atoms with van der Waals surface area (Å²) in [6, 6.07) is 6.74. The largest absolute Gasteiger partial charge is 0.508 e. The Hall–Kier alpha value is -2.83. The molecule has 1 aliphatic heterocycles. The third kappa shape index (κ3) is 3.73. The number of nitrogens with zero attached hydrogens (tertiary/aromatic N) is 3. The molecule has 7 heteroatoms. The Kier molecular flexibility index (Phi) is 4.79.